The quantitative estimate of drug-likeness (QED) is 0.731. The molecular formula is C9H20ClN3O3S. The van der Waals surface area contributed by atoms with E-state index in [4.69, 9.17) is 0 Å². The topological polar surface area (TPSA) is 69.7 Å². The van der Waals surface area contributed by atoms with E-state index >= 15 is 0 Å². The minimum Gasteiger partial charge on any atom is -0.336 e. The van der Waals surface area contributed by atoms with E-state index in [2.05, 4.69) is 5.32 Å². The SMILES string of the molecule is CC1CNCCN1C(=O)CN(C)S(C)(=O)=O.Cl. The molecule has 0 aromatic heterocycles. The second-order valence-corrected chi connectivity index (χ2v) is 6.25. The maximum atomic E-state index is 11.9. The number of nitrogens with one attached hydrogen (secondary N) is 1. The number of halogens is 1. The highest BCUT2D eigenvalue weighted by Gasteiger charge is 2.25. The summed E-state index contributed by atoms with van der Waals surface area (Å²) in [5.41, 5.74) is 0. The molecular weight excluding hydrogens is 266 g/mol. The van der Waals surface area contributed by atoms with Crippen LogP contribution in [0.4, 0.5) is 0 Å². The van der Waals surface area contributed by atoms with Crippen LogP contribution in [0.3, 0.4) is 0 Å². The Morgan fingerprint density at radius 1 is 1.53 bits per heavy atom. The van der Waals surface area contributed by atoms with E-state index in [-0.39, 0.29) is 30.9 Å². The summed E-state index contributed by atoms with van der Waals surface area (Å²) in [5.74, 6) is -0.137. The smallest absolute Gasteiger partial charge is 0.238 e. The van der Waals surface area contributed by atoms with E-state index in [1.165, 1.54) is 7.05 Å². The molecule has 1 fully saturated rings. The van der Waals surface area contributed by atoms with Crippen molar-refractivity contribution in [2.75, 3.05) is 39.5 Å². The molecule has 0 aliphatic carbocycles. The Bertz CT molecular complexity index is 360. The van der Waals surface area contributed by atoms with Crippen LogP contribution >= 0.6 is 12.4 Å². The van der Waals surface area contributed by atoms with Crippen LogP contribution in [0.2, 0.25) is 0 Å². The van der Waals surface area contributed by atoms with Crippen LogP contribution in [-0.2, 0) is 14.8 Å². The van der Waals surface area contributed by atoms with Gasteiger partial charge in [0.05, 0.1) is 12.8 Å². The van der Waals surface area contributed by atoms with Crippen LogP contribution < -0.4 is 5.32 Å². The van der Waals surface area contributed by atoms with Gasteiger partial charge in [0.1, 0.15) is 0 Å². The van der Waals surface area contributed by atoms with Crippen molar-refractivity contribution >= 4 is 28.3 Å². The van der Waals surface area contributed by atoms with Gasteiger partial charge in [-0.3, -0.25) is 4.79 Å². The van der Waals surface area contributed by atoms with Gasteiger partial charge in [0.25, 0.3) is 0 Å². The number of likely N-dealkylation sites (N-methyl/N-ethyl adjacent to an activating group) is 1. The van der Waals surface area contributed by atoms with Crippen molar-refractivity contribution in [3.05, 3.63) is 0 Å². The number of carbonyl (C=O) groups is 1. The number of piperazine rings is 1. The molecule has 1 aliphatic heterocycles. The molecule has 1 atom stereocenters. The molecule has 0 spiro atoms. The maximum absolute atomic E-state index is 11.9. The third-order valence-electron chi connectivity index (χ3n) is 2.75. The maximum Gasteiger partial charge on any atom is 0.238 e. The van der Waals surface area contributed by atoms with Crippen LogP contribution in [0.5, 0.6) is 0 Å². The largest absolute Gasteiger partial charge is 0.336 e. The van der Waals surface area contributed by atoms with Crippen molar-refractivity contribution in [3.63, 3.8) is 0 Å². The number of hydrogen-bond donors (Lipinski definition) is 1. The fourth-order valence-corrected chi connectivity index (χ4v) is 1.96. The van der Waals surface area contributed by atoms with Crippen molar-refractivity contribution in [2.24, 2.45) is 0 Å². The molecule has 1 aliphatic rings. The zero-order valence-electron chi connectivity index (χ0n) is 10.3. The number of sulfonamides is 1. The summed E-state index contributed by atoms with van der Waals surface area (Å²) >= 11 is 0. The molecule has 0 saturated carbocycles. The molecule has 1 heterocycles. The Kier molecular flexibility index (Phi) is 6.39. The Labute approximate surface area is 109 Å². The van der Waals surface area contributed by atoms with Gasteiger partial charge in [-0.1, -0.05) is 0 Å². The highest BCUT2D eigenvalue weighted by molar-refractivity contribution is 7.88. The number of nitrogens with zero attached hydrogens (tertiary/aromatic N) is 2. The van der Waals surface area contributed by atoms with Gasteiger partial charge < -0.3 is 10.2 Å². The number of amides is 1. The molecule has 8 heteroatoms. The number of rotatable bonds is 3. The van der Waals surface area contributed by atoms with Gasteiger partial charge in [0, 0.05) is 32.7 Å². The van der Waals surface area contributed by atoms with E-state index in [9.17, 15) is 13.2 Å². The summed E-state index contributed by atoms with van der Waals surface area (Å²) in [6.45, 7) is 4.03. The summed E-state index contributed by atoms with van der Waals surface area (Å²) in [4.78, 5) is 13.6. The molecule has 102 valence electrons. The Balaban J connectivity index is 0.00000256. The van der Waals surface area contributed by atoms with Crippen LogP contribution in [0.1, 0.15) is 6.92 Å². The van der Waals surface area contributed by atoms with Crippen LogP contribution in [0.25, 0.3) is 0 Å². The van der Waals surface area contributed by atoms with E-state index in [0.29, 0.717) is 6.54 Å². The van der Waals surface area contributed by atoms with E-state index in [1.807, 2.05) is 6.92 Å². The zero-order chi connectivity index (χ0) is 12.3. The fourth-order valence-electron chi connectivity index (χ4n) is 1.61. The third-order valence-corrected chi connectivity index (χ3v) is 4.01. The first-order chi connectivity index (χ1) is 7.32. The van der Waals surface area contributed by atoms with Gasteiger partial charge in [-0.05, 0) is 6.92 Å². The van der Waals surface area contributed by atoms with Gasteiger partial charge in [-0.15, -0.1) is 12.4 Å². The van der Waals surface area contributed by atoms with Crippen molar-refractivity contribution in [1.29, 1.82) is 0 Å². The Morgan fingerprint density at radius 3 is 2.59 bits per heavy atom. The van der Waals surface area contributed by atoms with Gasteiger partial charge in [-0.25, -0.2) is 8.42 Å². The lowest BCUT2D eigenvalue weighted by Gasteiger charge is -2.34. The van der Waals surface area contributed by atoms with Crippen molar-refractivity contribution < 1.29 is 13.2 Å². The zero-order valence-corrected chi connectivity index (χ0v) is 12.0. The van der Waals surface area contributed by atoms with Gasteiger partial charge in [0.2, 0.25) is 15.9 Å². The molecule has 0 bridgehead atoms. The van der Waals surface area contributed by atoms with Crippen LogP contribution in [0.15, 0.2) is 0 Å². The molecule has 1 saturated heterocycles. The first-order valence-corrected chi connectivity index (χ1v) is 7.08. The fraction of sp³-hybridized carbons (Fsp3) is 0.889. The Hall–Kier alpha value is -0.370. The lowest BCUT2D eigenvalue weighted by Crippen LogP contribution is -2.54. The van der Waals surface area contributed by atoms with Gasteiger partial charge in [0.15, 0.2) is 0 Å². The summed E-state index contributed by atoms with van der Waals surface area (Å²) < 4.78 is 23.4. The van der Waals surface area contributed by atoms with Gasteiger partial charge in [-0.2, -0.15) is 4.31 Å². The van der Waals surface area contributed by atoms with Crippen LogP contribution in [-0.4, -0.2) is 69.1 Å². The molecule has 0 radical (unpaired) electrons. The number of carbonyl (C=O) groups excluding carboxylic acids is 1. The monoisotopic (exact) mass is 285 g/mol. The van der Waals surface area contributed by atoms with Crippen LogP contribution in [0, 0.1) is 0 Å². The van der Waals surface area contributed by atoms with Crippen molar-refractivity contribution in [2.45, 2.75) is 13.0 Å². The van der Waals surface area contributed by atoms with E-state index in [1.54, 1.807) is 4.90 Å². The molecule has 0 aromatic rings. The summed E-state index contributed by atoms with van der Waals surface area (Å²) in [6.07, 6.45) is 1.10. The van der Waals surface area contributed by atoms with E-state index < -0.39 is 10.0 Å². The average Bonchev–Trinajstić information content (AvgIpc) is 2.16. The molecule has 0 aromatic carbocycles. The number of hydrogen-bond acceptors (Lipinski definition) is 4. The first-order valence-electron chi connectivity index (χ1n) is 5.24. The highest BCUT2D eigenvalue weighted by atomic mass is 35.5. The Morgan fingerprint density at radius 2 is 2.12 bits per heavy atom. The molecule has 6 nitrogen and oxygen atoms in total. The summed E-state index contributed by atoms with van der Waals surface area (Å²) in [7, 11) is -1.87. The summed E-state index contributed by atoms with van der Waals surface area (Å²) in [6, 6.07) is 0.120. The van der Waals surface area contributed by atoms with Gasteiger partial charge >= 0.3 is 0 Å². The van der Waals surface area contributed by atoms with Crippen molar-refractivity contribution in [1.82, 2.24) is 14.5 Å². The summed E-state index contributed by atoms with van der Waals surface area (Å²) in [5, 5.41) is 3.18. The standard InChI is InChI=1S/C9H19N3O3S.ClH/c1-8-6-10-4-5-12(8)9(13)7-11(2)16(3,14)15;/h8,10H,4-7H2,1-3H3;1H. The second-order valence-electron chi connectivity index (χ2n) is 4.16. The minimum atomic E-state index is -3.28. The molecule has 1 rings (SSSR count). The average molecular weight is 286 g/mol. The lowest BCUT2D eigenvalue weighted by molar-refractivity contribution is -0.133. The normalized spacial score (nSPS) is 21.2. The molecule has 1 N–H and O–H groups in total. The molecule has 1 amide bonds. The highest BCUT2D eigenvalue weighted by Crippen LogP contribution is 2.04. The van der Waals surface area contributed by atoms with E-state index in [0.717, 1.165) is 23.7 Å². The minimum absolute atomic E-state index is 0. The molecule has 17 heavy (non-hydrogen) atoms. The third kappa shape index (κ3) is 4.79. The predicted molar refractivity (Wildman–Crippen MR) is 68.8 cm³/mol. The first kappa shape index (κ1) is 16.6. The predicted octanol–water partition coefficient (Wildman–Crippen LogP) is -0.880. The lowest BCUT2D eigenvalue weighted by atomic mass is 10.2. The molecule has 1 unspecified atom stereocenters. The van der Waals surface area contributed by atoms with Crippen molar-refractivity contribution in [3.8, 4) is 0 Å². The second kappa shape index (κ2) is 6.53.